The van der Waals surface area contributed by atoms with Gasteiger partial charge in [-0.1, -0.05) is 0 Å². The molecule has 1 aliphatic rings. The number of amides is 1. The van der Waals surface area contributed by atoms with Crippen molar-refractivity contribution in [2.45, 2.75) is 6.42 Å². The van der Waals surface area contributed by atoms with E-state index in [2.05, 4.69) is 10.3 Å². The van der Waals surface area contributed by atoms with Crippen LogP contribution in [0.4, 0.5) is 13.9 Å². The lowest BCUT2D eigenvalue weighted by Gasteiger charge is -2.03. The van der Waals surface area contributed by atoms with Gasteiger partial charge < -0.3 is 4.74 Å². The zero-order chi connectivity index (χ0) is 17.4. The Kier molecular flexibility index (Phi) is 3.93. The van der Waals surface area contributed by atoms with Gasteiger partial charge in [0.05, 0.1) is 12.3 Å². The van der Waals surface area contributed by atoms with E-state index in [0.717, 1.165) is 47.2 Å². The summed E-state index contributed by atoms with van der Waals surface area (Å²) in [5.74, 6) is -1.32. The number of thiazole rings is 1. The van der Waals surface area contributed by atoms with Crippen LogP contribution >= 0.6 is 11.3 Å². The Bertz CT molecular complexity index is 951. The molecule has 25 heavy (non-hydrogen) atoms. The number of hydrogen-bond donors (Lipinski definition) is 1. The Morgan fingerprint density at radius 2 is 1.96 bits per heavy atom. The summed E-state index contributed by atoms with van der Waals surface area (Å²) in [6.45, 7) is 0.682. The maximum atomic E-state index is 13.2. The standard InChI is InChI=1S/C18H12F2N2O2S/c19-13-6-12(7-14(20)8-13)17(23)22-18-21-15(9-25-18)10-1-2-16-11(5-10)3-4-24-16/h1-2,5-9H,3-4H2,(H,21,22,23). The van der Waals surface area contributed by atoms with Gasteiger partial charge in [-0.25, -0.2) is 13.8 Å². The molecule has 4 rings (SSSR count). The van der Waals surface area contributed by atoms with Crippen molar-refractivity contribution in [3.8, 4) is 17.0 Å². The molecule has 0 unspecified atom stereocenters. The van der Waals surface area contributed by atoms with Gasteiger partial charge >= 0.3 is 0 Å². The lowest BCUT2D eigenvalue weighted by Crippen LogP contribution is -2.12. The van der Waals surface area contributed by atoms with Gasteiger partial charge in [-0.05, 0) is 35.9 Å². The monoisotopic (exact) mass is 358 g/mol. The number of nitrogens with one attached hydrogen (secondary N) is 1. The summed E-state index contributed by atoms with van der Waals surface area (Å²) < 4.78 is 31.9. The first-order valence-electron chi connectivity index (χ1n) is 7.57. The van der Waals surface area contributed by atoms with E-state index in [-0.39, 0.29) is 5.56 Å². The predicted octanol–water partition coefficient (Wildman–Crippen LogP) is 4.28. The molecule has 1 aliphatic heterocycles. The van der Waals surface area contributed by atoms with Crippen LogP contribution in [0.15, 0.2) is 41.8 Å². The molecule has 7 heteroatoms. The van der Waals surface area contributed by atoms with Gasteiger partial charge in [0.2, 0.25) is 0 Å². The summed E-state index contributed by atoms with van der Waals surface area (Å²) in [6, 6.07) is 8.51. The van der Waals surface area contributed by atoms with Crippen LogP contribution in [-0.2, 0) is 6.42 Å². The number of benzene rings is 2. The van der Waals surface area contributed by atoms with E-state index in [0.29, 0.717) is 11.7 Å². The minimum absolute atomic E-state index is 0.0936. The molecule has 126 valence electrons. The lowest BCUT2D eigenvalue weighted by molar-refractivity contribution is 0.102. The van der Waals surface area contributed by atoms with E-state index in [1.54, 1.807) is 0 Å². The molecule has 0 saturated heterocycles. The van der Waals surface area contributed by atoms with Crippen LogP contribution in [0.2, 0.25) is 0 Å². The van der Waals surface area contributed by atoms with Crippen molar-refractivity contribution in [1.29, 1.82) is 0 Å². The maximum absolute atomic E-state index is 13.2. The molecule has 0 saturated carbocycles. The fourth-order valence-electron chi connectivity index (χ4n) is 2.66. The van der Waals surface area contributed by atoms with E-state index < -0.39 is 17.5 Å². The summed E-state index contributed by atoms with van der Waals surface area (Å²) in [6.07, 6.45) is 0.863. The van der Waals surface area contributed by atoms with E-state index in [1.165, 1.54) is 11.3 Å². The normalized spacial score (nSPS) is 12.6. The van der Waals surface area contributed by atoms with Crippen molar-refractivity contribution < 1.29 is 18.3 Å². The molecular weight excluding hydrogens is 346 g/mol. The third-order valence-electron chi connectivity index (χ3n) is 3.83. The third-order valence-corrected chi connectivity index (χ3v) is 4.59. The minimum Gasteiger partial charge on any atom is -0.493 e. The van der Waals surface area contributed by atoms with Crippen molar-refractivity contribution in [3.63, 3.8) is 0 Å². The minimum atomic E-state index is -0.801. The number of fused-ring (bicyclic) bond motifs is 1. The highest BCUT2D eigenvalue weighted by Gasteiger charge is 2.15. The van der Waals surface area contributed by atoms with Gasteiger partial charge in [-0.15, -0.1) is 11.3 Å². The fraction of sp³-hybridized carbons (Fsp3) is 0.111. The van der Waals surface area contributed by atoms with Gasteiger partial charge in [-0.3, -0.25) is 10.1 Å². The largest absolute Gasteiger partial charge is 0.493 e. The van der Waals surface area contributed by atoms with Crippen molar-refractivity contribution in [2.24, 2.45) is 0 Å². The number of nitrogens with zero attached hydrogens (tertiary/aromatic N) is 1. The highest BCUT2D eigenvalue weighted by atomic mass is 32.1. The topological polar surface area (TPSA) is 51.2 Å². The van der Waals surface area contributed by atoms with Gasteiger partial charge in [0.25, 0.3) is 5.91 Å². The first kappa shape index (κ1) is 15.7. The van der Waals surface area contributed by atoms with Crippen LogP contribution in [0, 0.1) is 11.6 Å². The summed E-state index contributed by atoms with van der Waals surface area (Å²) in [5, 5.41) is 4.75. The van der Waals surface area contributed by atoms with E-state index in [1.807, 2.05) is 23.6 Å². The van der Waals surface area contributed by atoms with Gasteiger partial charge in [-0.2, -0.15) is 0 Å². The van der Waals surface area contributed by atoms with Gasteiger partial charge in [0.1, 0.15) is 17.4 Å². The average molecular weight is 358 g/mol. The molecule has 0 aliphatic carbocycles. The van der Waals surface area contributed by atoms with Crippen LogP contribution in [0.5, 0.6) is 5.75 Å². The predicted molar refractivity (Wildman–Crippen MR) is 91.1 cm³/mol. The van der Waals surface area contributed by atoms with E-state index in [9.17, 15) is 13.6 Å². The molecule has 0 fully saturated rings. The summed E-state index contributed by atoms with van der Waals surface area (Å²) in [7, 11) is 0. The number of anilines is 1. The summed E-state index contributed by atoms with van der Waals surface area (Å²) in [4.78, 5) is 16.5. The molecule has 1 amide bonds. The Morgan fingerprint density at radius 1 is 1.16 bits per heavy atom. The van der Waals surface area contributed by atoms with Crippen molar-refractivity contribution >= 4 is 22.4 Å². The number of halogens is 2. The molecule has 1 aromatic heterocycles. The second kappa shape index (κ2) is 6.25. The molecule has 2 aromatic carbocycles. The van der Waals surface area contributed by atoms with Gasteiger partial charge in [0.15, 0.2) is 5.13 Å². The SMILES string of the molecule is O=C(Nc1nc(-c2ccc3c(c2)CCO3)cs1)c1cc(F)cc(F)c1. The molecule has 4 nitrogen and oxygen atoms in total. The van der Waals surface area contributed by atoms with Crippen molar-refractivity contribution in [3.05, 3.63) is 64.5 Å². The Labute approximate surface area is 146 Å². The van der Waals surface area contributed by atoms with Crippen LogP contribution in [-0.4, -0.2) is 17.5 Å². The molecule has 0 atom stereocenters. The summed E-state index contributed by atoms with van der Waals surface area (Å²) >= 11 is 1.25. The highest BCUT2D eigenvalue weighted by molar-refractivity contribution is 7.14. The maximum Gasteiger partial charge on any atom is 0.257 e. The molecule has 3 aromatic rings. The molecule has 0 bridgehead atoms. The lowest BCUT2D eigenvalue weighted by atomic mass is 10.1. The number of carbonyl (C=O) groups is 1. The zero-order valence-corrected chi connectivity index (χ0v) is 13.7. The molecule has 1 N–H and O–H groups in total. The quantitative estimate of drug-likeness (QED) is 0.760. The third kappa shape index (κ3) is 3.23. The van der Waals surface area contributed by atoms with Gasteiger partial charge in [0, 0.05) is 29.0 Å². The fourth-order valence-corrected chi connectivity index (χ4v) is 3.38. The first-order valence-corrected chi connectivity index (χ1v) is 8.45. The Hall–Kier alpha value is -2.80. The number of ether oxygens (including phenoxy) is 1. The Balaban J connectivity index is 1.54. The number of carbonyl (C=O) groups excluding carboxylic acids is 1. The Morgan fingerprint density at radius 3 is 2.76 bits per heavy atom. The second-order valence-corrected chi connectivity index (χ2v) is 6.43. The van der Waals surface area contributed by atoms with Crippen LogP contribution in [0.1, 0.15) is 15.9 Å². The highest BCUT2D eigenvalue weighted by Crippen LogP contribution is 2.32. The summed E-state index contributed by atoms with van der Waals surface area (Å²) in [5.41, 5.74) is 2.69. The zero-order valence-electron chi connectivity index (χ0n) is 12.9. The average Bonchev–Trinajstić information content (AvgIpc) is 3.22. The number of aromatic nitrogens is 1. The van der Waals surface area contributed by atoms with Crippen LogP contribution in [0.3, 0.4) is 0 Å². The van der Waals surface area contributed by atoms with Crippen LogP contribution in [0.25, 0.3) is 11.3 Å². The van der Waals surface area contributed by atoms with Crippen LogP contribution < -0.4 is 10.1 Å². The molecular formula is C18H12F2N2O2S. The van der Waals surface area contributed by atoms with Crippen molar-refractivity contribution in [2.75, 3.05) is 11.9 Å². The second-order valence-electron chi connectivity index (χ2n) is 5.57. The first-order chi connectivity index (χ1) is 12.1. The number of rotatable bonds is 3. The van der Waals surface area contributed by atoms with E-state index >= 15 is 0 Å². The smallest absolute Gasteiger partial charge is 0.257 e. The molecule has 2 heterocycles. The van der Waals surface area contributed by atoms with Crippen molar-refractivity contribution in [1.82, 2.24) is 4.98 Å². The molecule has 0 spiro atoms. The number of hydrogen-bond acceptors (Lipinski definition) is 4. The molecule has 0 radical (unpaired) electrons. The van der Waals surface area contributed by atoms with E-state index in [4.69, 9.17) is 4.74 Å².